The van der Waals surface area contributed by atoms with E-state index in [0.29, 0.717) is 23.4 Å². The first-order valence-electron chi connectivity index (χ1n) is 6.21. The number of aliphatic hydroxyl groups is 1. The van der Waals surface area contributed by atoms with Gasteiger partial charge in [0, 0.05) is 11.6 Å². The van der Waals surface area contributed by atoms with Crippen LogP contribution in [0.2, 0.25) is 5.15 Å². The SMILES string of the molecule is CCCc1nn(-c2ccccc2[N+](=O)[O-])c(Cl)c1CO. The molecule has 2 rings (SSSR count). The first-order valence-corrected chi connectivity index (χ1v) is 6.58. The summed E-state index contributed by atoms with van der Waals surface area (Å²) in [4.78, 5) is 10.6. The Kier molecular flexibility index (Phi) is 4.36. The largest absolute Gasteiger partial charge is 0.391 e. The normalized spacial score (nSPS) is 10.8. The number of aromatic nitrogens is 2. The van der Waals surface area contributed by atoms with E-state index in [-0.39, 0.29) is 17.4 Å². The summed E-state index contributed by atoms with van der Waals surface area (Å²) in [6.45, 7) is 1.74. The molecule has 1 heterocycles. The second kappa shape index (κ2) is 6.02. The molecule has 0 aliphatic heterocycles. The van der Waals surface area contributed by atoms with E-state index >= 15 is 0 Å². The van der Waals surface area contributed by atoms with E-state index < -0.39 is 4.92 Å². The van der Waals surface area contributed by atoms with Crippen LogP contribution in [0.5, 0.6) is 0 Å². The minimum Gasteiger partial charge on any atom is -0.391 e. The molecule has 0 aliphatic carbocycles. The van der Waals surface area contributed by atoms with Crippen LogP contribution in [0.15, 0.2) is 24.3 Å². The summed E-state index contributed by atoms with van der Waals surface area (Å²) >= 11 is 6.19. The molecule has 2 aromatic rings. The Balaban J connectivity index is 2.62. The molecule has 0 fully saturated rings. The van der Waals surface area contributed by atoms with E-state index in [9.17, 15) is 15.2 Å². The summed E-state index contributed by atoms with van der Waals surface area (Å²) in [5.74, 6) is 0. The van der Waals surface area contributed by atoms with Crippen molar-refractivity contribution in [2.45, 2.75) is 26.4 Å². The van der Waals surface area contributed by atoms with Crippen molar-refractivity contribution in [3.63, 3.8) is 0 Å². The smallest absolute Gasteiger partial charge is 0.294 e. The van der Waals surface area contributed by atoms with Gasteiger partial charge in [-0.05, 0) is 12.5 Å². The summed E-state index contributed by atoms with van der Waals surface area (Å²) in [5.41, 5.74) is 1.40. The van der Waals surface area contributed by atoms with Crippen molar-refractivity contribution in [1.82, 2.24) is 9.78 Å². The molecule has 0 saturated carbocycles. The molecule has 0 spiro atoms. The molecule has 1 aromatic carbocycles. The van der Waals surface area contributed by atoms with Gasteiger partial charge in [-0.3, -0.25) is 10.1 Å². The number of nitro groups is 1. The summed E-state index contributed by atoms with van der Waals surface area (Å²) in [7, 11) is 0. The Labute approximate surface area is 120 Å². The lowest BCUT2D eigenvalue weighted by molar-refractivity contribution is -0.384. The number of halogens is 1. The lowest BCUT2D eigenvalue weighted by Gasteiger charge is -2.04. The molecule has 0 aliphatic rings. The predicted octanol–water partition coefficient (Wildman–Crippen LogP) is 2.88. The first-order chi connectivity index (χ1) is 9.60. The Morgan fingerprint density at radius 1 is 1.45 bits per heavy atom. The van der Waals surface area contributed by atoms with Crippen LogP contribution in [0, 0.1) is 10.1 Å². The molecule has 106 valence electrons. The van der Waals surface area contributed by atoms with E-state index in [1.54, 1.807) is 18.2 Å². The lowest BCUT2D eigenvalue weighted by atomic mass is 10.2. The van der Waals surface area contributed by atoms with E-state index in [0.717, 1.165) is 6.42 Å². The number of aliphatic hydroxyl groups excluding tert-OH is 1. The molecule has 0 amide bonds. The quantitative estimate of drug-likeness (QED) is 0.679. The van der Waals surface area contributed by atoms with Gasteiger partial charge in [0.05, 0.1) is 17.2 Å². The van der Waals surface area contributed by atoms with Crippen LogP contribution in [-0.4, -0.2) is 19.8 Å². The van der Waals surface area contributed by atoms with Gasteiger partial charge in [0.15, 0.2) is 0 Å². The zero-order chi connectivity index (χ0) is 14.7. The van der Waals surface area contributed by atoms with E-state index in [1.807, 2.05) is 6.92 Å². The highest BCUT2D eigenvalue weighted by molar-refractivity contribution is 6.30. The predicted molar refractivity (Wildman–Crippen MR) is 75.1 cm³/mol. The fraction of sp³-hybridized carbons (Fsp3) is 0.308. The van der Waals surface area contributed by atoms with Crippen LogP contribution in [0.1, 0.15) is 24.6 Å². The van der Waals surface area contributed by atoms with E-state index in [4.69, 9.17) is 11.6 Å². The van der Waals surface area contributed by atoms with Crippen molar-refractivity contribution in [3.8, 4) is 5.69 Å². The van der Waals surface area contributed by atoms with Crippen LogP contribution in [0.25, 0.3) is 5.69 Å². The molecule has 0 unspecified atom stereocenters. The third-order valence-electron chi connectivity index (χ3n) is 2.96. The van der Waals surface area contributed by atoms with Gasteiger partial charge in [0.1, 0.15) is 10.8 Å². The lowest BCUT2D eigenvalue weighted by Crippen LogP contribution is -2.02. The van der Waals surface area contributed by atoms with Crippen LogP contribution >= 0.6 is 11.6 Å². The third-order valence-corrected chi connectivity index (χ3v) is 3.34. The van der Waals surface area contributed by atoms with Gasteiger partial charge in [-0.1, -0.05) is 37.1 Å². The Morgan fingerprint density at radius 2 is 2.15 bits per heavy atom. The zero-order valence-corrected chi connectivity index (χ0v) is 11.7. The molecule has 1 N–H and O–H groups in total. The molecule has 1 aromatic heterocycles. The number of nitrogens with zero attached hydrogens (tertiary/aromatic N) is 3. The second-order valence-electron chi connectivity index (χ2n) is 4.28. The maximum atomic E-state index is 11.1. The molecule has 0 radical (unpaired) electrons. The molecule has 20 heavy (non-hydrogen) atoms. The summed E-state index contributed by atoms with van der Waals surface area (Å²) in [6.07, 6.45) is 1.50. The van der Waals surface area contributed by atoms with E-state index in [1.165, 1.54) is 10.7 Å². The topological polar surface area (TPSA) is 81.2 Å². The Bertz CT molecular complexity index is 640. The minimum atomic E-state index is -0.481. The summed E-state index contributed by atoms with van der Waals surface area (Å²) in [6, 6.07) is 6.23. The van der Waals surface area contributed by atoms with Gasteiger partial charge in [0.2, 0.25) is 0 Å². The fourth-order valence-corrected chi connectivity index (χ4v) is 2.32. The number of nitro benzene ring substituents is 1. The number of para-hydroxylation sites is 2. The third kappa shape index (κ3) is 2.52. The number of rotatable bonds is 5. The number of hydrogen-bond acceptors (Lipinski definition) is 4. The highest BCUT2D eigenvalue weighted by Crippen LogP contribution is 2.29. The van der Waals surface area contributed by atoms with Gasteiger partial charge >= 0.3 is 0 Å². The zero-order valence-electron chi connectivity index (χ0n) is 10.9. The number of aryl methyl sites for hydroxylation is 1. The van der Waals surface area contributed by atoms with Crippen molar-refractivity contribution < 1.29 is 10.0 Å². The molecule has 0 atom stereocenters. The Morgan fingerprint density at radius 3 is 2.75 bits per heavy atom. The summed E-state index contributed by atoms with van der Waals surface area (Å²) in [5, 5.41) is 25.0. The van der Waals surface area contributed by atoms with Crippen LogP contribution in [0.4, 0.5) is 5.69 Å². The molecular formula is C13H14ClN3O3. The molecule has 0 bridgehead atoms. The maximum Gasteiger partial charge on any atom is 0.294 e. The standard InChI is InChI=1S/C13H14ClN3O3/c1-2-5-10-9(8-18)13(14)16(15-10)11-6-3-4-7-12(11)17(19)20/h3-4,6-7,18H,2,5,8H2,1H3. The minimum absolute atomic E-state index is 0.0792. The fourth-order valence-electron chi connectivity index (χ4n) is 2.02. The van der Waals surface area contributed by atoms with Gasteiger partial charge in [-0.25, -0.2) is 4.68 Å². The molecule has 0 saturated heterocycles. The first kappa shape index (κ1) is 14.5. The highest BCUT2D eigenvalue weighted by Gasteiger charge is 2.21. The van der Waals surface area contributed by atoms with Crippen LogP contribution in [0.3, 0.4) is 0 Å². The number of benzene rings is 1. The average molecular weight is 296 g/mol. The van der Waals surface area contributed by atoms with Crippen molar-refractivity contribution in [1.29, 1.82) is 0 Å². The van der Waals surface area contributed by atoms with Gasteiger partial charge in [-0.2, -0.15) is 5.10 Å². The highest BCUT2D eigenvalue weighted by atomic mass is 35.5. The van der Waals surface area contributed by atoms with E-state index in [2.05, 4.69) is 5.10 Å². The summed E-state index contributed by atoms with van der Waals surface area (Å²) < 4.78 is 1.32. The van der Waals surface area contributed by atoms with Crippen molar-refractivity contribution in [3.05, 3.63) is 50.8 Å². The van der Waals surface area contributed by atoms with Gasteiger partial charge in [0.25, 0.3) is 5.69 Å². The monoisotopic (exact) mass is 295 g/mol. The van der Waals surface area contributed by atoms with Crippen molar-refractivity contribution >= 4 is 17.3 Å². The molecule has 6 nitrogen and oxygen atoms in total. The second-order valence-corrected chi connectivity index (χ2v) is 4.64. The van der Waals surface area contributed by atoms with Gasteiger partial charge in [-0.15, -0.1) is 0 Å². The van der Waals surface area contributed by atoms with Crippen LogP contribution in [-0.2, 0) is 13.0 Å². The maximum absolute atomic E-state index is 11.1. The van der Waals surface area contributed by atoms with Crippen LogP contribution < -0.4 is 0 Å². The van der Waals surface area contributed by atoms with Crippen molar-refractivity contribution in [2.24, 2.45) is 0 Å². The molecule has 7 heteroatoms. The molecular weight excluding hydrogens is 282 g/mol. The Hall–Kier alpha value is -1.92. The number of hydrogen-bond donors (Lipinski definition) is 1. The van der Waals surface area contributed by atoms with Crippen molar-refractivity contribution in [2.75, 3.05) is 0 Å². The average Bonchev–Trinajstić information content (AvgIpc) is 2.75. The van der Waals surface area contributed by atoms with Gasteiger partial charge < -0.3 is 5.11 Å².